The number of piperazine rings is 1. The fraction of sp³-hybridized carbons (Fsp3) is 0.360. The van der Waals surface area contributed by atoms with Crippen LogP contribution >= 0.6 is 0 Å². The SMILES string of the molecule is CCCCCS(=O)(=O)Nc1ccc(N2CCN(C(=O)c3cccc4ccccc34)CC2)nc1. The third kappa shape index (κ3) is 5.63. The molecule has 0 radical (unpaired) electrons. The van der Waals surface area contributed by atoms with Gasteiger partial charge in [-0.2, -0.15) is 0 Å². The van der Waals surface area contributed by atoms with Gasteiger partial charge in [0, 0.05) is 31.7 Å². The van der Waals surface area contributed by atoms with E-state index in [1.807, 2.05) is 60.4 Å². The number of carbonyl (C=O) groups excluding carboxylic acids is 1. The van der Waals surface area contributed by atoms with Crippen molar-refractivity contribution >= 4 is 38.2 Å². The molecule has 0 atom stereocenters. The Labute approximate surface area is 195 Å². The molecule has 1 N–H and O–H groups in total. The van der Waals surface area contributed by atoms with Crippen molar-refractivity contribution in [3.8, 4) is 0 Å². The maximum atomic E-state index is 13.2. The molecule has 1 fully saturated rings. The zero-order valence-electron chi connectivity index (χ0n) is 18.9. The summed E-state index contributed by atoms with van der Waals surface area (Å²) in [6, 6.07) is 17.3. The Morgan fingerprint density at radius 3 is 2.45 bits per heavy atom. The second-order valence-electron chi connectivity index (χ2n) is 8.34. The van der Waals surface area contributed by atoms with Crippen molar-refractivity contribution in [3.05, 3.63) is 66.4 Å². The zero-order valence-corrected chi connectivity index (χ0v) is 19.7. The standard InChI is InChI=1S/C25H30N4O3S/c1-2-3-6-18-33(31,32)27-21-12-13-24(26-19-21)28-14-16-29(17-15-28)25(30)23-11-7-9-20-8-4-5-10-22(20)23/h4-5,7-13,19,27H,2-3,6,14-18H2,1H3. The highest BCUT2D eigenvalue weighted by Gasteiger charge is 2.24. The number of hydrogen-bond acceptors (Lipinski definition) is 5. The molecule has 174 valence electrons. The smallest absolute Gasteiger partial charge is 0.254 e. The van der Waals surface area contributed by atoms with Crippen molar-refractivity contribution in [3.63, 3.8) is 0 Å². The molecule has 3 aromatic rings. The lowest BCUT2D eigenvalue weighted by molar-refractivity contribution is 0.0748. The highest BCUT2D eigenvalue weighted by molar-refractivity contribution is 7.92. The van der Waals surface area contributed by atoms with Crippen molar-refractivity contribution in [1.29, 1.82) is 0 Å². The molecule has 0 spiro atoms. The van der Waals surface area contributed by atoms with E-state index in [0.717, 1.165) is 35.0 Å². The van der Waals surface area contributed by atoms with Crippen molar-refractivity contribution in [2.45, 2.75) is 26.2 Å². The van der Waals surface area contributed by atoms with E-state index in [2.05, 4.69) is 14.6 Å². The Morgan fingerprint density at radius 1 is 0.970 bits per heavy atom. The molecule has 0 saturated carbocycles. The van der Waals surface area contributed by atoms with Crippen molar-refractivity contribution < 1.29 is 13.2 Å². The van der Waals surface area contributed by atoms with Crippen molar-refractivity contribution in [2.24, 2.45) is 0 Å². The lowest BCUT2D eigenvalue weighted by Crippen LogP contribution is -2.49. The van der Waals surface area contributed by atoms with Gasteiger partial charge in [0.15, 0.2) is 0 Å². The Balaban J connectivity index is 1.35. The first-order valence-corrected chi connectivity index (χ1v) is 13.1. The number of nitrogens with one attached hydrogen (secondary N) is 1. The third-order valence-corrected chi connectivity index (χ3v) is 7.32. The fourth-order valence-corrected chi connectivity index (χ4v) is 5.29. The predicted octanol–water partition coefficient (Wildman–Crippen LogP) is 4.13. The molecule has 1 aliphatic heterocycles. The maximum absolute atomic E-state index is 13.2. The molecule has 7 nitrogen and oxygen atoms in total. The largest absolute Gasteiger partial charge is 0.353 e. The second-order valence-corrected chi connectivity index (χ2v) is 10.2. The number of nitrogens with zero attached hydrogens (tertiary/aromatic N) is 3. The molecule has 0 bridgehead atoms. The van der Waals surface area contributed by atoms with Crippen LogP contribution in [-0.4, -0.2) is 56.1 Å². The number of anilines is 2. The van der Waals surface area contributed by atoms with Gasteiger partial charge < -0.3 is 9.80 Å². The van der Waals surface area contributed by atoms with Crippen LogP contribution in [-0.2, 0) is 10.0 Å². The van der Waals surface area contributed by atoms with Crippen LogP contribution < -0.4 is 9.62 Å². The first-order valence-electron chi connectivity index (χ1n) is 11.5. The van der Waals surface area contributed by atoms with Crippen LogP contribution in [0.15, 0.2) is 60.8 Å². The fourth-order valence-electron chi connectivity index (χ4n) is 4.13. The van der Waals surface area contributed by atoms with E-state index in [0.29, 0.717) is 38.3 Å². The van der Waals surface area contributed by atoms with Gasteiger partial charge in [0.25, 0.3) is 5.91 Å². The monoisotopic (exact) mass is 466 g/mol. The van der Waals surface area contributed by atoms with E-state index in [4.69, 9.17) is 0 Å². The van der Waals surface area contributed by atoms with Gasteiger partial charge in [0.1, 0.15) is 5.82 Å². The summed E-state index contributed by atoms with van der Waals surface area (Å²) in [5, 5.41) is 2.04. The molecule has 1 aromatic heterocycles. The summed E-state index contributed by atoms with van der Waals surface area (Å²) in [4.78, 5) is 21.6. The number of aromatic nitrogens is 1. The number of sulfonamides is 1. The first-order chi connectivity index (χ1) is 16.0. The lowest BCUT2D eigenvalue weighted by atomic mass is 10.0. The molecule has 1 amide bonds. The number of unbranched alkanes of at least 4 members (excludes halogenated alkanes) is 2. The Bertz CT molecular complexity index is 1200. The molecular formula is C25H30N4O3S. The van der Waals surface area contributed by atoms with Gasteiger partial charge in [0.2, 0.25) is 10.0 Å². The van der Waals surface area contributed by atoms with Crippen LogP contribution in [0.2, 0.25) is 0 Å². The van der Waals surface area contributed by atoms with E-state index < -0.39 is 10.0 Å². The van der Waals surface area contributed by atoms with E-state index in [-0.39, 0.29) is 11.7 Å². The quantitative estimate of drug-likeness (QED) is 0.505. The first kappa shape index (κ1) is 23.0. The van der Waals surface area contributed by atoms with Gasteiger partial charge >= 0.3 is 0 Å². The number of amides is 1. The summed E-state index contributed by atoms with van der Waals surface area (Å²) in [6.45, 7) is 4.60. The number of pyridine rings is 1. The summed E-state index contributed by atoms with van der Waals surface area (Å²) in [5.41, 5.74) is 1.20. The van der Waals surface area contributed by atoms with Gasteiger partial charge in [-0.25, -0.2) is 13.4 Å². The molecule has 1 saturated heterocycles. The number of fused-ring (bicyclic) bond motifs is 1. The average molecular weight is 467 g/mol. The molecule has 2 aromatic carbocycles. The Morgan fingerprint density at radius 2 is 1.73 bits per heavy atom. The average Bonchev–Trinajstić information content (AvgIpc) is 2.84. The topological polar surface area (TPSA) is 82.6 Å². The number of hydrogen-bond donors (Lipinski definition) is 1. The summed E-state index contributed by atoms with van der Waals surface area (Å²) in [7, 11) is -3.35. The Hall–Kier alpha value is -3.13. The number of benzene rings is 2. The Kier molecular flexibility index (Phi) is 7.13. The molecule has 2 heterocycles. The molecule has 4 rings (SSSR count). The van der Waals surface area contributed by atoms with Crippen LogP contribution in [0.4, 0.5) is 11.5 Å². The molecule has 0 unspecified atom stereocenters. The van der Waals surface area contributed by atoms with Crippen molar-refractivity contribution in [1.82, 2.24) is 9.88 Å². The summed E-state index contributed by atoms with van der Waals surface area (Å²) < 4.78 is 26.9. The van der Waals surface area contributed by atoms with E-state index >= 15 is 0 Å². The van der Waals surface area contributed by atoms with E-state index in [1.165, 1.54) is 0 Å². The zero-order chi connectivity index (χ0) is 23.3. The van der Waals surface area contributed by atoms with E-state index in [1.54, 1.807) is 12.3 Å². The molecule has 8 heteroatoms. The van der Waals surface area contributed by atoms with Gasteiger partial charge in [-0.05, 0) is 35.4 Å². The molecule has 33 heavy (non-hydrogen) atoms. The van der Waals surface area contributed by atoms with Crippen LogP contribution in [0.3, 0.4) is 0 Å². The predicted molar refractivity (Wildman–Crippen MR) is 133 cm³/mol. The van der Waals surface area contributed by atoms with Crippen LogP contribution in [0.25, 0.3) is 10.8 Å². The molecular weight excluding hydrogens is 436 g/mol. The third-order valence-electron chi connectivity index (χ3n) is 5.95. The van der Waals surface area contributed by atoms with Gasteiger partial charge in [-0.3, -0.25) is 9.52 Å². The van der Waals surface area contributed by atoms with Crippen molar-refractivity contribution in [2.75, 3.05) is 41.6 Å². The van der Waals surface area contributed by atoms with E-state index in [9.17, 15) is 13.2 Å². The normalized spacial score (nSPS) is 14.5. The second kappa shape index (κ2) is 10.2. The van der Waals surface area contributed by atoms with Gasteiger partial charge in [-0.1, -0.05) is 56.2 Å². The molecule has 0 aliphatic carbocycles. The van der Waals surface area contributed by atoms with Gasteiger partial charge in [0.05, 0.1) is 17.6 Å². The highest BCUT2D eigenvalue weighted by Crippen LogP contribution is 2.22. The lowest BCUT2D eigenvalue weighted by Gasteiger charge is -2.35. The van der Waals surface area contributed by atoms with Gasteiger partial charge in [-0.15, -0.1) is 0 Å². The summed E-state index contributed by atoms with van der Waals surface area (Å²) in [5.74, 6) is 0.948. The minimum absolute atomic E-state index is 0.0484. The minimum Gasteiger partial charge on any atom is -0.353 e. The summed E-state index contributed by atoms with van der Waals surface area (Å²) >= 11 is 0. The van der Waals surface area contributed by atoms with Crippen LogP contribution in [0.1, 0.15) is 36.5 Å². The van der Waals surface area contributed by atoms with Crippen LogP contribution in [0, 0.1) is 0 Å². The maximum Gasteiger partial charge on any atom is 0.254 e. The highest BCUT2D eigenvalue weighted by atomic mass is 32.2. The number of carbonyl (C=O) groups is 1. The minimum atomic E-state index is -3.35. The summed E-state index contributed by atoms with van der Waals surface area (Å²) in [6.07, 6.45) is 4.08. The number of rotatable bonds is 8. The van der Waals surface area contributed by atoms with Crippen LogP contribution in [0.5, 0.6) is 0 Å². The molecule has 1 aliphatic rings.